The third-order valence-corrected chi connectivity index (χ3v) is 3.17. The number of amides is 2. The Balaban J connectivity index is 1.69. The van der Waals surface area contributed by atoms with E-state index in [-0.39, 0.29) is 6.03 Å². The molecule has 2 heterocycles. The number of anilines is 1. The molecule has 0 unspecified atom stereocenters. The molecule has 3 rings (SSSR count). The van der Waals surface area contributed by atoms with Crippen molar-refractivity contribution in [2.75, 3.05) is 5.32 Å². The molecule has 1 aliphatic carbocycles. The van der Waals surface area contributed by atoms with Gasteiger partial charge in [0.05, 0.1) is 12.2 Å². The van der Waals surface area contributed by atoms with Crippen molar-refractivity contribution in [2.45, 2.75) is 32.4 Å². The quantitative estimate of drug-likeness (QED) is 0.928. The Labute approximate surface area is 116 Å². The summed E-state index contributed by atoms with van der Waals surface area (Å²) in [5.74, 6) is 1.11. The van der Waals surface area contributed by atoms with Crippen LogP contribution in [-0.2, 0) is 6.54 Å². The molecule has 2 amide bonds. The van der Waals surface area contributed by atoms with E-state index in [1.54, 1.807) is 24.1 Å². The normalized spacial score (nSPS) is 14.1. The van der Waals surface area contributed by atoms with Crippen LogP contribution in [0.5, 0.6) is 0 Å². The fourth-order valence-electron chi connectivity index (χ4n) is 2.03. The van der Waals surface area contributed by atoms with Crippen molar-refractivity contribution in [3.63, 3.8) is 0 Å². The Morgan fingerprint density at radius 1 is 1.50 bits per heavy atom. The van der Waals surface area contributed by atoms with Gasteiger partial charge in [-0.3, -0.25) is 10.3 Å². The van der Waals surface area contributed by atoms with Crippen molar-refractivity contribution in [2.24, 2.45) is 0 Å². The van der Waals surface area contributed by atoms with E-state index in [0.29, 0.717) is 24.2 Å². The van der Waals surface area contributed by atoms with Crippen LogP contribution in [-0.4, -0.2) is 27.1 Å². The van der Waals surface area contributed by atoms with E-state index < -0.39 is 0 Å². The van der Waals surface area contributed by atoms with Crippen molar-refractivity contribution in [3.8, 4) is 0 Å². The number of carbonyl (C=O) groups is 1. The first-order valence-corrected chi connectivity index (χ1v) is 6.63. The second-order valence-electron chi connectivity index (χ2n) is 4.93. The zero-order chi connectivity index (χ0) is 13.9. The van der Waals surface area contributed by atoms with Crippen molar-refractivity contribution in [3.05, 3.63) is 41.9 Å². The Bertz CT molecular complexity index is 592. The Kier molecular flexibility index (Phi) is 3.37. The van der Waals surface area contributed by atoms with Gasteiger partial charge in [-0.1, -0.05) is 11.2 Å². The topological polar surface area (TPSA) is 71.3 Å². The molecule has 0 bridgehead atoms. The number of urea groups is 1. The summed E-state index contributed by atoms with van der Waals surface area (Å²) in [6.45, 7) is 2.30. The van der Waals surface area contributed by atoms with Crippen molar-refractivity contribution in [1.29, 1.82) is 0 Å². The molecular formula is C14H16N4O2. The molecule has 1 fully saturated rings. The van der Waals surface area contributed by atoms with Gasteiger partial charge in [0, 0.05) is 18.3 Å². The van der Waals surface area contributed by atoms with E-state index in [2.05, 4.69) is 15.5 Å². The van der Waals surface area contributed by atoms with Crippen LogP contribution in [0.15, 0.2) is 35.0 Å². The van der Waals surface area contributed by atoms with Gasteiger partial charge in [0.1, 0.15) is 5.76 Å². The molecule has 20 heavy (non-hydrogen) atoms. The highest BCUT2D eigenvalue weighted by Crippen LogP contribution is 2.28. The van der Waals surface area contributed by atoms with Gasteiger partial charge in [-0.2, -0.15) is 0 Å². The molecule has 0 saturated heterocycles. The SMILES string of the molecule is Cc1cc(NC(=O)N(Cc2ccccn2)C2CC2)no1. The van der Waals surface area contributed by atoms with Gasteiger partial charge >= 0.3 is 6.03 Å². The molecule has 2 aromatic rings. The zero-order valence-corrected chi connectivity index (χ0v) is 11.2. The summed E-state index contributed by atoms with van der Waals surface area (Å²) in [7, 11) is 0. The number of nitrogens with one attached hydrogen (secondary N) is 1. The van der Waals surface area contributed by atoms with Crippen LogP contribution in [0.3, 0.4) is 0 Å². The molecule has 0 spiro atoms. The summed E-state index contributed by atoms with van der Waals surface area (Å²) in [4.78, 5) is 18.4. The number of aryl methyl sites for hydroxylation is 1. The average Bonchev–Trinajstić information content (AvgIpc) is 3.21. The van der Waals surface area contributed by atoms with Gasteiger partial charge in [0.25, 0.3) is 0 Å². The fraction of sp³-hybridized carbons (Fsp3) is 0.357. The van der Waals surface area contributed by atoms with Gasteiger partial charge in [0.15, 0.2) is 5.82 Å². The Hall–Kier alpha value is -2.37. The molecule has 104 valence electrons. The Morgan fingerprint density at radius 2 is 2.35 bits per heavy atom. The number of pyridine rings is 1. The lowest BCUT2D eigenvalue weighted by Gasteiger charge is -2.21. The molecule has 0 atom stereocenters. The zero-order valence-electron chi connectivity index (χ0n) is 11.2. The molecule has 0 aromatic carbocycles. The molecule has 1 saturated carbocycles. The van der Waals surface area contributed by atoms with Gasteiger partial charge in [-0.05, 0) is 31.9 Å². The van der Waals surface area contributed by atoms with E-state index in [1.165, 1.54) is 0 Å². The number of aromatic nitrogens is 2. The summed E-state index contributed by atoms with van der Waals surface area (Å²) in [6.07, 6.45) is 3.81. The first kappa shape index (κ1) is 12.7. The van der Waals surface area contributed by atoms with Gasteiger partial charge in [-0.15, -0.1) is 0 Å². The van der Waals surface area contributed by atoms with Crippen LogP contribution in [0, 0.1) is 6.92 Å². The van der Waals surface area contributed by atoms with Crippen molar-refractivity contribution >= 4 is 11.8 Å². The minimum Gasteiger partial charge on any atom is -0.360 e. The Morgan fingerprint density at radius 3 is 2.95 bits per heavy atom. The van der Waals surface area contributed by atoms with E-state index >= 15 is 0 Å². The lowest BCUT2D eigenvalue weighted by atomic mass is 10.3. The molecule has 0 aliphatic heterocycles. The highest BCUT2D eigenvalue weighted by molar-refractivity contribution is 5.88. The minimum atomic E-state index is -0.161. The fourth-order valence-corrected chi connectivity index (χ4v) is 2.03. The molecule has 2 aromatic heterocycles. The predicted molar refractivity (Wildman–Crippen MR) is 73.1 cm³/mol. The number of rotatable bonds is 4. The van der Waals surface area contributed by atoms with E-state index in [4.69, 9.17) is 4.52 Å². The van der Waals surface area contributed by atoms with Crippen molar-refractivity contribution in [1.82, 2.24) is 15.0 Å². The maximum absolute atomic E-state index is 12.3. The van der Waals surface area contributed by atoms with Crippen LogP contribution < -0.4 is 5.32 Å². The number of hydrogen-bond acceptors (Lipinski definition) is 4. The largest absolute Gasteiger partial charge is 0.360 e. The van der Waals surface area contributed by atoms with Gasteiger partial charge < -0.3 is 9.42 Å². The highest BCUT2D eigenvalue weighted by atomic mass is 16.5. The average molecular weight is 272 g/mol. The van der Waals surface area contributed by atoms with E-state index in [0.717, 1.165) is 18.5 Å². The molecule has 6 heteroatoms. The number of nitrogens with zero attached hydrogens (tertiary/aromatic N) is 3. The number of carbonyl (C=O) groups excluding carboxylic acids is 1. The predicted octanol–water partition coefficient (Wildman–Crippen LogP) is 2.57. The number of hydrogen-bond donors (Lipinski definition) is 1. The maximum Gasteiger partial charge on any atom is 0.323 e. The second kappa shape index (κ2) is 5.32. The van der Waals surface area contributed by atoms with Gasteiger partial charge in [0.2, 0.25) is 0 Å². The standard InChI is InChI=1S/C14H16N4O2/c1-10-8-13(17-20-10)16-14(19)18(12-5-6-12)9-11-4-2-3-7-15-11/h2-4,7-8,12H,5-6,9H2,1H3,(H,16,17,19). The van der Waals surface area contributed by atoms with Crippen LogP contribution >= 0.6 is 0 Å². The summed E-state index contributed by atoms with van der Waals surface area (Å²) < 4.78 is 4.94. The smallest absolute Gasteiger partial charge is 0.323 e. The third-order valence-electron chi connectivity index (χ3n) is 3.17. The van der Waals surface area contributed by atoms with E-state index in [9.17, 15) is 4.79 Å². The van der Waals surface area contributed by atoms with Crippen LogP contribution in [0.25, 0.3) is 0 Å². The lowest BCUT2D eigenvalue weighted by Crippen LogP contribution is -2.36. The van der Waals surface area contributed by atoms with Crippen LogP contribution in [0.2, 0.25) is 0 Å². The summed E-state index contributed by atoms with van der Waals surface area (Å²) >= 11 is 0. The maximum atomic E-state index is 12.3. The van der Waals surface area contributed by atoms with Crippen LogP contribution in [0.1, 0.15) is 24.3 Å². The van der Waals surface area contributed by atoms with E-state index in [1.807, 2.05) is 18.2 Å². The molecule has 1 aliphatic rings. The first-order valence-electron chi connectivity index (χ1n) is 6.63. The first-order chi connectivity index (χ1) is 9.72. The molecule has 0 radical (unpaired) electrons. The second-order valence-corrected chi connectivity index (χ2v) is 4.93. The van der Waals surface area contributed by atoms with Gasteiger partial charge in [-0.25, -0.2) is 4.79 Å². The molecule has 6 nitrogen and oxygen atoms in total. The monoisotopic (exact) mass is 272 g/mol. The summed E-state index contributed by atoms with van der Waals surface area (Å²) in [5, 5.41) is 6.53. The molecule has 1 N–H and O–H groups in total. The van der Waals surface area contributed by atoms with Crippen molar-refractivity contribution < 1.29 is 9.32 Å². The summed E-state index contributed by atoms with van der Waals surface area (Å²) in [6, 6.07) is 7.54. The highest BCUT2D eigenvalue weighted by Gasteiger charge is 2.33. The summed E-state index contributed by atoms with van der Waals surface area (Å²) in [5.41, 5.74) is 0.880. The van der Waals surface area contributed by atoms with Crippen LogP contribution in [0.4, 0.5) is 10.6 Å². The lowest BCUT2D eigenvalue weighted by molar-refractivity contribution is 0.205. The third kappa shape index (κ3) is 2.96. The molecular weight excluding hydrogens is 256 g/mol. The minimum absolute atomic E-state index is 0.161.